The van der Waals surface area contributed by atoms with E-state index in [-0.39, 0.29) is 17.7 Å². The first kappa shape index (κ1) is 27.4. The van der Waals surface area contributed by atoms with Gasteiger partial charge < -0.3 is 10.0 Å². The zero-order valence-corrected chi connectivity index (χ0v) is 23.6. The Morgan fingerprint density at radius 2 is 2.08 bits per heavy atom. The Balaban J connectivity index is 1.63. The van der Waals surface area contributed by atoms with Gasteiger partial charge in [0.25, 0.3) is 0 Å². The van der Waals surface area contributed by atoms with Crippen molar-refractivity contribution in [3.05, 3.63) is 58.3 Å². The van der Waals surface area contributed by atoms with Crippen molar-refractivity contribution < 1.29 is 9.90 Å². The molecular weight excluding hydrogens is 506 g/mol. The number of aldehydes is 1. The number of benzene rings is 1. The van der Waals surface area contributed by atoms with Gasteiger partial charge in [0.05, 0.1) is 45.9 Å². The zero-order valence-electron chi connectivity index (χ0n) is 23.6. The van der Waals surface area contributed by atoms with Gasteiger partial charge >= 0.3 is 5.69 Å². The van der Waals surface area contributed by atoms with Crippen LogP contribution in [0.4, 0.5) is 5.82 Å². The van der Waals surface area contributed by atoms with Gasteiger partial charge in [0.15, 0.2) is 6.29 Å². The van der Waals surface area contributed by atoms with E-state index in [4.69, 9.17) is 4.98 Å². The second-order valence-corrected chi connectivity index (χ2v) is 10.4. The lowest BCUT2D eigenvalue weighted by Gasteiger charge is -2.18. The Morgan fingerprint density at radius 3 is 2.73 bits per heavy atom. The average molecular weight is 542 g/mol. The standard InChI is InChI=1S/C30H35N7O3/c1-6-32-24(25(17-38)31-4)13-18(2)20-7-8-23-22(14-20)29-27(15-33-23)35(5)30(40)37(29)26-9-10-28(34-19(26)3)36-12-11-21(39)16-36/h7-10,14-15,17-18,21,39H,6,11-13,16H2,1-5H3. The summed E-state index contributed by atoms with van der Waals surface area (Å²) in [6.07, 6.45) is 3.43. The number of aryl methyl sites for hydroxylation is 2. The summed E-state index contributed by atoms with van der Waals surface area (Å²) in [5.74, 6) is 0.840. The highest BCUT2D eigenvalue weighted by molar-refractivity contribution is 6.61. The van der Waals surface area contributed by atoms with Crippen LogP contribution in [0.5, 0.6) is 0 Å². The van der Waals surface area contributed by atoms with E-state index in [0.717, 1.165) is 58.3 Å². The number of aliphatic hydroxyl groups excluding tert-OH is 1. The minimum Gasteiger partial charge on any atom is -0.391 e. The minimum atomic E-state index is -0.346. The molecule has 1 aromatic carbocycles. The summed E-state index contributed by atoms with van der Waals surface area (Å²) < 4.78 is 3.33. The molecule has 5 rings (SSSR count). The maximum absolute atomic E-state index is 13.6. The first-order valence-corrected chi connectivity index (χ1v) is 13.6. The largest absolute Gasteiger partial charge is 0.391 e. The molecule has 0 amide bonds. The molecule has 0 spiro atoms. The van der Waals surface area contributed by atoms with E-state index >= 15 is 0 Å². The number of hydrogen-bond acceptors (Lipinski definition) is 8. The molecule has 1 N–H and O–H groups in total. The van der Waals surface area contributed by atoms with Gasteiger partial charge in [0.1, 0.15) is 11.5 Å². The Morgan fingerprint density at radius 1 is 1.27 bits per heavy atom. The van der Waals surface area contributed by atoms with E-state index in [0.29, 0.717) is 36.6 Å². The second-order valence-electron chi connectivity index (χ2n) is 10.4. The van der Waals surface area contributed by atoms with Crippen LogP contribution in [0.1, 0.15) is 43.9 Å². The monoisotopic (exact) mass is 541 g/mol. The number of anilines is 1. The Labute approximate surface area is 232 Å². The quantitative estimate of drug-likeness (QED) is 0.270. The summed E-state index contributed by atoms with van der Waals surface area (Å²) in [6, 6.07) is 9.94. The fraction of sp³-hybridized carbons (Fsp3) is 0.400. The first-order chi connectivity index (χ1) is 19.3. The molecule has 2 atom stereocenters. The van der Waals surface area contributed by atoms with E-state index in [1.807, 2.05) is 38.1 Å². The molecule has 4 aromatic rings. The number of carbonyl (C=O) groups excluding carboxylic acids is 1. The number of β-amino-alcohol motifs (C(OH)–C–C–N with tert-alkyl or cyclic N) is 1. The summed E-state index contributed by atoms with van der Waals surface area (Å²) in [6.45, 7) is 7.81. The molecule has 3 aromatic heterocycles. The van der Waals surface area contributed by atoms with Crippen molar-refractivity contribution in [3.63, 3.8) is 0 Å². The third-order valence-corrected chi connectivity index (χ3v) is 7.74. The van der Waals surface area contributed by atoms with Crippen LogP contribution in [-0.4, -0.2) is 74.7 Å². The van der Waals surface area contributed by atoms with Crippen LogP contribution in [0.3, 0.4) is 0 Å². The number of carbonyl (C=O) groups is 1. The molecule has 2 unspecified atom stereocenters. The molecule has 4 heterocycles. The van der Waals surface area contributed by atoms with Gasteiger partial charge in [-0.25, -0.2) is 9.78 Å². The van der Waals surface area contributed by atoms with Gasteiger partial charge in [-0.3, -0.25) is 28.9 Å². The van der Waals surface area contributed by atoms with Crippen LogP contribution in [0.2, 0.25) is 0 Å². The van der Waals surface area contributed by atoms with Crippen molar-refractivity contribution in [2.75, 3.05) is 31.6 Å². The van der Waals surface area contributed by atoms with Gasteiger partial charge in [0.2, 0.25) is 0 Å². The normalized spacial score (nSPS) is 17.2. The highest BCUT2D eigenvalue weighted by Crippen LogP contribution is 2.31. The smallest absolute Gasteiger partial charge is 0.333 e. The van der Waals surface area contributed by atoms with Crippen LogP contribution < -0.4 is 10.6 Å². The molecule has 0 bridgehead atoms. The van der Waals surface area contributed by atoms with Gasteiger partial charge in [0, 0.05) is 39.1 Å². The number of fused-ring (bicyclic) bond motifs is 3. The molecular formula is C30H35N7O3. The maximum Gasteiger partial charge on any atom is 0.333 e. The predicted molar refractivity (Wildman–Crippen MR) is 160 cm³/mol. The second kappa shape index (κ2) is 11.1. The fourth-order valence-electron chi connectivity index (χ4n) is 5.55. The molecule has 10 heteroatoms. The molecule has 0 saturated carbocycles. The van der Waals surface area contributed by atoms with E-state index in [1.165, 1.54) is 0 Å². The number of hydrogen-bond donors (Lipinski definition) is 1. The third-order valence-electron chi connectivity index (χ3n) is 7.74. The minimum absolute atomic E-state index is 0.0454. The molecule has 1 aliphatic rings. The number of pyridine rings is 2. The lowest BCUT2D eigenvalue weighted by molar-refractivity contribution is -0.102. The van der Waals surface area contributed by atoms with Crippen molar-refractivity contribution in [3.8, 4) is 5.69 Å². The van der Waals surface area contributed by atoms with Gasteiger partial charge in [-0.1, -0.05) is 13.0 Å². The van der Waals surface area contributed by atoms with Crippen molar-refractivity contribution in [2.24, 2.45) is 17.0 Å². The molecule has 1 saturated heterocycles. The summed E-state index contributed by atoms with van der Waals surface area (Å²) >= 11 is 0. The van der Waals surface area contributed by atoms with Crippen LogP contribution in [0, 0.1) is 6.92 Å². The Bertz CT molecular complexity index is 1720. The first-order valence-electron chi connectivity index (χ1n) is 13.6. The molecule has 208 valence electrons. The Hall–Kier alpha value is -4.18. The third kappa shape index (κ3) is 4.83. The van der Waals surface area contributed by atoms with Gasteiger partial charge in [-0.05, 0) is 62.4 Å². The number of nitrogens with zero attached hydrogens (tertiary/aromatic N) is 7. The van der Waals surface area contributed by atoms with Crippen molar-refractivity contribution in [1.29, 1.82) is 0 Å². The number of aliphatic imine (C=N–C) groups is 2. The summed E-state index contributed by atoms with van der Waals surface area (Å²) in [5.41, 5.74) is 5.63. The van der Waals surface area contributed by atoms with Crippen molar-refractivity contribution in [2.45, 2.75) is 45.6 Å². The van der Waals surface area contributed by atoms with Gasteiger partial charge in [-0.15, -0.1) is 0 Å². The highest BCUT2D eigenvalue weighted by Gasteiger charge is 2.23. The highest BCUT2D eigenvalue weighted by atomic mass is 16.3. The lowest BCUT2D eigenvalue weighted by atomic mass is 9.92. The van der Waals surface area contributed by atoms with Crippen molar-refractivity contribution in [1.82, 2.24) is 19.1 Å². The number of aliphatic hydroxyl groups is 1. The average Bonchev–Trinajstić information content (AvgIpc) is 3.50. The molecule has 0 aliphatic carbocycles. The van der Waals surface area contributed by atoms with E-state index < -0.39 is 0 Å². The van der Waals surface area contributed by atoms with Gasteiger partial charge in [-0.2, -0.15) is 0 Å². The van der Waals surface area contributed by atoms with Crippen LogP contribution >= 0.6 is 0 Å². The number of rotatable bonds is 8. The SMILES string of the molecule is CCN=C(CC(C)c1ccc2ncc3c(c2c1)n(-c1ccc(N2CCC(O)C2)nc1C)c(=O)n3C)C(C=O)=NC. The topological polar surface area (TPSA) is 118 Å². The number of aromatic nitrogens is 4. The maximum atomic E-state index is 13.6. The van der Waals surface area contributed by atoms with E-state index in [9.17, 15) is 14.7 Å². The predicted octanol–water partition coefficient (Wildman–Crippen LogP) is 3.38. The van der Waals surface area contributed by atoms with Crippen LogP contribution in [0.15, 0.2) is 51.3 Å². The Kier molecular flexibility index (Phi) is 7.62. The van der Waals surface area contributed by atoms with E-state index in [1.54, 1.807) is 29.4 Å². The van der Waals surface area contributed by atoms with Crippen molar-refractivity contribution >= 4 is 45.5 Å². The van der Waals surface area contributed by atoms with Crippen LogP contribution in [0.25, 0.3) is 27.6 Å². The summed E-state index contributed by atoms with van der Waals surface area (Å²) in [5, 5.41) is 10.8. The van der Waals surface area contributed by atoms with Crippen LogP contribution in [-0.2, 0) is 11.8 Å². The molecule has 10 nitrogen and oxygen atoms in total. The van der Waals surface area contributed by atoms with E-state index in [2.05, 4.69) is 32.9 Å². The zero-order chi connectivity index (χ0) is 28.6. The summed E-state index contributed by atoms with van der Waals surface area (Å²) in [7, 11) is 3.35. The summed E-state index contributed by atoms with van der Waals surface area (Å²) in [4.78, 5) is 45.3. The molecule has 0 radical (unpaired) electrons. The number of imidazole rings is 1. The lowest BCUT2D eigenvalue weighted by Crippen LogP contribution is -2.24. The molecule has 40 heavy (non-hydrogen) atoms. The molecule has 1 aliphatic heterocycles. The fourth-order valence-corrected chi connectivity index (χ4v) is 5.55. The molecule has 1 fully saturated rings.